The van der Waals surface area contributed by atoms with Gasteiger partial charge in [0.1, 0.15) is 29.9 Å². The van der Waals surface area contributed by atoms with E-state index >= 15 is 0 Å². The van der Waals surface area contributed by atoms with Crippen LogP contribution in [-0.2, 0) is 11.3 Å². The Morgan fingerprint density at radius 2 is 1.83 bits per heavy atom. The normalized spacial score (nSPS) is 19.6. The maximum atomic E-state index is 13.1. The molecule has 0 bridgehead atoms. The van der Waals surface area contributed by atoms with E-state index in [0.717, 1.165) is 52.0 Å². The first-order valence-electron chi connectivity index (χ1n) is 15.4. The quantitative estimate of drug-likeness (QED) is 0.247. The van der Waals surface area contributed by atoms with Gasteiger partial charge >= 0.3 is 6.18 Å². The fourth-order valence-electron chi connectivity index (χ4n) is 5.87. The van der Waals surface area contributed by atoms with Gasteiger partial charge in [0.25, 0.3) is 5.88 Å². The monoisotopic (exact) mass is 653 g/mol. The number of anilines is 2. The molecule has 47 heavy (non-hydrogen) atoms. The Balaban J connectivity index is 1.15. The average Bonchev–Trinajstić information content (AvgIpc) is 3.74. The molecule has 17 heteroatoms. The molecule has 1 aliphatic heterocycles. The maximum absolute atomic E-state index is 13.1. The lowest BCUT2D eigenvalue weighted by atomic mass is 9.90. The summed E-state index contributed by atoms with van der Waals surface area (Å²) in [6.07, 6.45) is 5.04. The zero-order chi connectivity index (χ0) is 32.8. The highest BCUT2D eigenvalue weighted by molar-refractivity contribution is 5.67. The minimum absolute atomic E-state index is 0.0303. The molecule has 0 spiro atoms. The molecule has 1 atom stereocenters. The van der Waals surface area contributed by atoms with E-state index in [-0.39, 0.29) is 29.7 Å². The van der Waals surface area contributed by atoms with Crippen LogP contribution in [0.3, 0.4) is 0 Å². The molecule has 4 aromatic rings. The first-order valence-corrected chi connectivity index (χ1v) is 15.4. The number of alkyl halides is 3. The first kappa shape index (κ1) is 32.1. The summed E-state index contributed by atoms with van der Waals surface area (Å²) >= 11 is 0. The number of hydrogen-bond acceptors (Lipinski definition) is 12. The summed E-state index contributed by atoms with van der Waals surface area (Å²) < 4.78 is 59.0. The lowest BCUT2D eigenvalue weighted by Crippen LogP contribution is -2.45. The summed E-state index contributed by atoms with van der Waals surface area (Å²) in [7, 11) is 0. The number of rotatable bonds is 11. The Morgan fingerprint density at radius 3 is 2.51 bits per heavy atom. The topological polar surface area (TPSA) is 154 Å². The van der Waals surface area contributed by atoms with E-state index in [0.29, 0.717) is 35.0 Å². The number of tetrazole rings is 1. The Kier molecular flexibility index (Phi) is 9.78. The van der Waals surface area contributed by atoms with Crippen molar-refractivity contribution in [1.29, 1.82) is 5.26 Å². The SMILES string of the molecule is CC(Cn1cnnn1)Oc1cc(-c2cnc(Nc3cn([C@H]4CC[C@@H](N5CCOCC5)CC4)nc3OCC(F)(F)F)nc2)ccc1C#N. The fraction of sp³-hybridized carbons (Fsp3) is 0.500. The highest BCUT2D eigenvalue weighted by Crippen LogP contribution is 2.35. The second-order valence-electron chi connectivity index (χ2n) is 11.5. The van der Waals surface area contributed by atoms with Crippen LogP contribution in [0.2, 0.25) is 0 Å². The summed E-state index contributed by atoms with van der Waals surface area (Å²) in [5, 5.41) is 28.0. The Hall–Kier alpha value is -4.82. The molecule has 1 unspecified atom stereocenters. The molecule has 2 fully saturated rings. The standard InChI is InChI=1S/C30H34F3N11O3/c1-20(16-43-19-37-40-41-43)47-27-12-21(2-3-22(27)13-34)23-14-35-29(36-15-23)38-26-17-44(39-28(26)46-18-30(31,32)33)25-6-4-24(5-7-25)42-8-10-45-11-9-42/h2-3,12,14-15,17,19-20,24-25H,4-11,16,18H2,1H3,(H,35,36,38)/t20?,24-,25+. The van der Waals surface area contributed by atoms with Crippen LogP contribution in [0.1, 0.15) is 44.2 Å². The van der Waals surface area contributed by atoms with Gasteiger partial charge in [-0.2, -0.15) is 18.4 Å². The number of hydrogen-bond donors (Lipinski definition) is 1. The summed E-state index contributed by atoms with van der Waals surface area (Å²) in [5.41, 5.74) is 1.94. The second kappa shape index (κ2) is 14.3. The number of halogens is 3. The maximum Gasteiger partial charge on any atom is 0.422 e. The first-order chi connectivity index (χ1) is 22.7. The minimum atomic E-state index is -4.52. The molecule has 14 nitrogen and oxygen atoms in total. The molecule has 0 amide bonds. The van der Waals surface area contributed by atoms with Crippen molar-refractivity contribution in [2.24, 2.45) is 0 Å². The molecule has 0 radical (unpaired) electrons. The van der Waals surface area contributed by atoms with Crippen LogP contribution >= 0.6 is 0 Å². The van der Waals surface area contributed by atoms with Gasteiger partial charge in [-0.3, -0.25) is 9.58 Å². The van der Waals surface area contributed by atoms with Gasteiger partial charge in [0, 0.05) is 37.1 Å². The molecule has 1 aliphatic carbocycles. The van der Waals surface area contributed by atoms with E-state index in [2.05, 4.69) is 46.9 Å². The third kappa shape index (κ3) is 8.32. The molecule has 6 rings (SSSR count). The molecule has 3 aromatic heterocycles. The van der Waals surface area contributed by atoms with Gasteiger partial charge in [0.2, 0.25) is 5.95 Å². The lowest BCUT2D eigenvalue weighted by molar-refractivity contribution is -0.154. The lowest BCUT2D eigenvalue weighted by Gasteiger charge is -2.38. The number of nitrogens with zero attached hydrogens (tertiary/aromatic N) is 10. The van der Waals surface area contributed by atoms with Gasteiger partial charge in [-0.1, -0.05) is 6.07 Å². The highest BCUT2D eigenvalue weighted by Gasteiger charge is 2.32. The van der Waals surface area contributed by atoms with E-state index in [1.807, 2.05) is 6.92 Å². The number of nitriles is 1. The smallest absolute Gasteiger partial charge is 0.422 e. The fourth-order valence-corrected chi connectivity index (χ4v) is 5.87. The van der Waals surface area contributed by atoms with Crippen molar-refractivity contribution in [2.45, 2.75) is 63.5 Å². The van der Waals surface area contributed by atoms with Crippen molar-refractivity contribution in [1.82, 2.24) is 44.9 Å². The van der Waals surface area contributed by atoms with Crippen LogP contribution in [0.5, 0.6) is 11.6 Å². The van der Waals surface area contributed by atoms with Gasteiger partial charge in [0.15, 0.2) is 6.61 Å². The van der Waals surface area contributed by atoms with Crippen LogP contribution in [0.25, 0.3) is 11.1 Å². The largest absolute Gasteiger partial charge is 0.487 e. The van der Waals surface area contributed by atoms with Crippen LogP contribution < -0.4 is 14.8 Å². The van der Waals surface area contributed by atoms with Gasteiger partial charge in [0.05, 0.1) is 37.6 Å². The summed E-state index contributed by atoms with van der Waals surface area (Å²) in [5.74, 6) is 0.363. The molecule has 1 N–H and O–H groups in total. The highest BCUT2D eigenvalue weighted by atomic mass is 19.4. The van der Waals surface area contributed by atoms with Gasteiger partial charge in [-0.05, 0) is 60.7 Å². The predicted molar refractivity (Wildman–Crippen MR) is 161 cm³/mol. The molecule has 248 valence electrons. The van der Waals surface area contributed by atoms with E-state index in [1.165, 1.54) is 11.0 Å². The van der Waals surface area contributed by atoms with Gasteiger partial charge in [-0.15, -0.1) is 10.2 Å². The summed E-state index contributed by atoms with van der Waals surface area (Å²) in [4.78, 5) is 11.2. The Bertz CT molecular complexity index is 1640. The zero-order valence-corrected chi connectivity index (χ0v) is 25.7. The van der Waals surface area contributed by atoms with Crippen molar-refractivity contribution >= 4 is 11.6 Å². The Labute approximate surface area is 268 Å². The summed E-state index contributed by atoms with van der Waals surface area (Å²) in [6.45, 7) is 4.06. The second-order valence-corrected chi connectivity index (χ2v) is 11.5. The van der Waals surface area contributed by atoms with E-state index in [9.17, 15) is 18.4 Å². The molecule has 1 saturated heterocycles. The molecule has 1 saturated carbocycles. The van der Waals surface area contributed by atoms with Crippen LogP contribution in [0.15, 0.2) is 43.1 Å². The van der Waals surface area contributed by atoms with Gasteiger partial charge < -0.3 is 19.5 Å². The van der Waals surface area contributed by atoms with E-state index in [4.69, 9.17) is 14.2 Å². The number of aromatic nitrogens is 8. The minimum Gasteiger partial charge on any atom is -0.487 e. The molecule has 1 aromatic carbocycles. The van der Waals surface area contributed by atoms with Crippen molar-refractivity contribution in [3.05, 3.63) is 48.7 Å². The summed E-state index contributed by atoms with van der Waals surface area (Å²) in [6, 6.07) is 7.75. The molecule has 2 aliphatic rings. The van der Waals surface area contributed by atoms with Gasteiger partial charge in [-0.25, -0.2) is 14.6 Å². The number of nitrogens with one attached hydrogen (secondary N) is 1. The van der Waals surface area contributed by atoms with Crippen LogP contribution in [0, 0.1) is 11.3 Å². The van der Waals surface area contributed by atoms with E-state index < -0.39 is 12.8 Å². The number of ether oxygens (including phenoxy) is 3. The van der Waals surface area contributed by atoms with Crippen molar-refractivity contribution < 1.29 is 27.4 Å². The third-order valence-corrected chi connectivity index (χ3v) is 8.17. The van der Waals surface area contributed by atoms with Crippen LogP contribution in [0.4, 0.5) is 24.8 Å². The third-order valence-electron chi connectivity index (χ3n) is 8.17. The molecule has 4 heterocycles. The number of benzene rings is 1. The Morgan fingerprint density at radius 1 is 1.09 bits per heavy atom. The van der Waals surface area contributed by atoms with Crippen molar-refractivity contribution in [2.75, 3.05) is 38.2 Å². The van der Waals surface area contributed by atoms with Crippen molar-refractivity contribution in [3.63, 3.8) is 0 Å². The predicted octanol–water partition coefficient (Wildman–Crippen LogP) is 4.17. The van der Waals surface area contributed by atoms with Crippen molar-refractivity contribution in [3.8, 4) is 28.8 Å². The average molecular weight is 654 g/mol. The van der Waals surface area contributed by atoms with E-state index in [1.54, 1.807) is 41.5 Å². The van der Waals surface area contributed by atoms with Crippen LogP contribution in [-0.4, -0.2) is 96.1 Å². The molecular weight excluding hydrogens is 619 g/mol. The number of morpholine rings is 1. The molecular formula is C30H34F3N11O3. The zero-order valence-electron chi connectivity index (χ0n) is 25.7.